The fraction of sp³-hybridized carbons (Fsp3) is 0.647. The summed E-state index contributed by atoms with van der Waals surface area (Å²) in [6.07, 6.45) is 0.654. The smallest absolute Gasteiger partial charge is 0.466 e. The Hall–Kier alpha value is -1.47. The monoisotopic (exact) mass is 335 g/mol. The number of hydrogen-bond acceptors (Lipinski definition) is 5. The number of nitrogens with zero attached hydrogens (tertiary/aromatic N) is 1. The van der Waals surface area contributed by atoms with Crippen LogP contribution in [0.5, 0.6) is 0 Å². The van der Waals surface area contributed by atoms with Crippen LogP contribution < -0.4 is 5.46 Å². The van der Waals surface area contributed by atoms with Gasteiger partial charge in [0.1, 0.15) is 0 Å². The zero-order chi connectivity index (χ0) is 17.7. The number of esters is 1. The van der Waals surface area contributed by atoms with E-state index in [1.807, 2.05) is 27.7 Å². The molecule has 3 rings (SSSR count). The maximum atomic E-state index is 14.5. The summed E-state index contributed by atoms with van der Waals surface area (Å²) in [6.45, 7) is 9.79. The second kappa shape index (κ2) is 5.81. The number of pyridine rings is 1. The van der Waals surface area contributed by atoms with Gasteiger partial charge in [-0.2, -0.15) is 4.39 Å². The van der Waals surface area contributed by atoms with Gasteiger partial charge < -0.3 is 14.0 Å². The molecule has 1 aromatic rings. The summed E-state index contributed by atoms with van der Waals surface area (Å²) >= 11 is 0. The van der Waals surface area contributed by atoms with Crippen molar-refractivity contribution in [3.8, 4) is 0 Å². The summed E-state index contributed by atoms with van der Waals surface area (Å²) in [5.41, 5.74) is -0.209. The summed E-state index contributed by atoms with van der Waals surface area (Å²) in [4.78, 5) is 15.7. The van der Waals surface area contributed by atoms with Crippen LogP contribution in [0.2, 0.25) is 0 Å². The van der Waals surface area contributed by atoms with Crippen LogP contribution in [0, 0.1) is 11.9 Å². The summed E-state index contributed by atoms with van der Waals surface area (Å²) in [7, 11) is -0.781. The first-order valence-electron chi connectivity index (χ1n) is 8.35. The highest BCUT2D eigenvalue weighted by Gasteiger charge is 2.53. The van der Waals surface area contributed by atoms with Crippen molar-refractivity contribution in [3.63, 3.8) is 0 Å². The fourth-order valence-electron chi connectivity index (χ4n) is 2.84. The van der Waals surface area contributed by atoms with Crippen molar-refractivity contribution in [2.45, 2.75) is 58.2 Å². The van der Waals surface area contributed by atoms with E-state index < -0.39 is 24.3 Å². The molecule has 2 aliphatic rings. The number of carbonyl (C=O) groups excluding carboxylic acids is 1. The molecule has 2 atom stereocenters. The molecule has 0 aromatic carbocycles. The normalized spacial score (nSPS) is 27.2. The minimum absolute atomic E-state index is 0.0640. The van der Waals surface area contributed by atoms with Crippen LogP contribution in [-0.2, 0) is 18.8 Å². The number of aromatic nitrogens is 1. The second-order valence-electron chi connectivity index (χ2n) is 7.41. The second-order valence-corrected chi connectivity index (χ2v) is 7.41. The van der Waals surface area contributed by atoms with Crippen molar-refractivity contribution in [1.82, 2.24) is 4.98 Å². The standard InChI is InChI=1S/C17H23BFNO4/c1-6-22-15(21)11-9-10(11)13-8-7-12(14(19)20-13)18-23-16(2,3)17(4,5)24-18/h7-8,10-11H,6,9H2,1-5H3/t10-,11-/m1/s1. The predicted octanol–water partition coefficient (Wildman–Crippen LogP) is 2.19. The highest BCUT2D eigenvalue weighted by Crippen LogP contribution is 2.47. The van der Waals surface area contributed by atoms with Crippen molar-refractivity contribution < 1.29 is 23.2 Å². The van der Waals surface area contributed by atoms with Gasteiger partial charge in [-0.15, -0.1) is 0 Å². The van der Waals surface area contributed by atoms with Gasteiger partial charge in [0.25, 0.3) is 0 Å². The molecule has 130 valence electrons. The van der Waals surface area contributed by atoms with Crippen molar-refractivity contribution in [2.75, 3.05) is 6.61 Å². The summed E-state index contributed by atoms with van der Waals surface area (Å²) in [6, 6.07) is 3.38. The van der Waals surface area contributed by atoms with Crippen LogP contribution in [0.15, 0.2) is 12.1 Å². The molecule has 2 fully saturated rings. The summed E-state index contributed by atoms with van der Waals surface area (Å²) < 4.78 is 31.2. The van der Waals surface area contributed by atoms with Gasteiger partial charge in [0.05, 0.1) is 23.7 Å². The Bertz CT molecular complexity index is 648. The first-order chi connectivity index (χ1) is 11.2. The van der Waals surface area contributed by atoms with Gasteiger partial charge >= 0.3 is 13.1 Å². The third kappa shape index (κ3) is 2.95. The van der Waals surface area contributed by atoms with Gasteiger partial charge in [-0.3, -0.25) is 4.79 Å². The molecule has 0 unspecified atom stereocenters. The Morgan fingerprint density at radius 2 is 1.96 bits per heavy atom. The van der Waals surface area contributed by atoms with E-state index in [0.29, 0.717) is 18.7 Å². The Balaban J connectivity index is 1.74. The van der Waals surface area contributed by atoms with Gasteiger partial charge in [0, 0.05) is 17.1 Å². The molecule has 0 bridgehead atoms. The number of hydrogen-bond donors (Lipinski definition) is 0. The molecule has 0 N–H and O–H groups in total. The molecule has 0 spiro atoms. The number of halogens is 1. The predicted molar refractivity (Wildman–Crippen MR) is 87.4 cm³/mol. The van der Waals surface area contributed by atoms with Crippen LogP contribution in [0.25, 0.3) is 0 Å². The molecule has 1 aliphatic carbocycles. The van der Waals surface area contributed by atoms with Crippen molar-refractivity contribution in [2.24, 2.45) is 5.92 Å². The molecule has 5 nitrogen and oxygen atoms in total. The average molecular weight is 335 g/mol. The number of rotatable bonds is 4. The van der Waals surface area contributed by atoms with Crippen LogP contribution >= 0.6 is 0 Å². The highest BCUT2D eigenvalue weighted by molar-refractivity contribution is 6.62. The highest BCUT2D eigenvalue weighted by atomic mass is 19.1. The lowest BCUT2D eigenvalue weighted by Gasteiger charge is -2.32. The van der Waals surface area contributed by atoms with Gasteiger partial charge in [0.15, 0.2) is 0 Å². The molecular formula is C17H23BFNO4. The van der Waals surface area contributed by atoms with E-state index in [0.717, 1.165) is 0 Å². The van der Waals surface area contributed by atoms with Crippen LogP contribution in [0.1, 0.15) is 52.7 Å². The number of ether oxygens (including phenoxy) is 1. The van der Waals surface area contributed by atoms with Crippen LogP contribution in [-0.4, -0.2) is 35.9 Å². The zero-order valence-corrected chi connectivity index (χ0v) is 14.8. The van der Waals surface area contributed by atoms with E-state index in [4.69, 9.17) is 14.0 Å². The zero-order valence-electron chi connectivity index (χ0n) is 14.8. The van der Waals surface area contributed by atoms with Crippen molar-refractivity contribution in [1.29, 1.82) is 0 Å². The molecule has 1 aromatic heterocycles. The molecule has 7 heteroatoms. The molecular weight excluding hydrogens is 312 g/mol. The third-order valence-electron chi connectivity index (χ3n) is 5.17. The van der Waals surface area contributed by atoms with E-state index in [2.05, 4.69) is 4.98 Å². The van der Waals surface area contributed by atoms with E-state index in [9.17, 15) is 9.18 Å². The first kappa shape index (κ1) is 17.4. The fourth-order valence-corrected chi connectivity index (χ4v) is 2.84. The van der Waals surface area contributed by atoms with Gasteiger partial charge in [-0.05, 0) is 47.1 Å². The SMILES string of the molecule is CCOC(=O)[C@@H]1C[C@H]1c1ccc(B2OC(C)(C)C(C)(C)O2)c(F)n1. The minimum Gasteiger partial charge on any atom is -0.466 e. The van der Waals surface area contributed by atoms with Gasteiger partial charge in [-0.25, -0.2) is 4.98 Å². The molecule has 1 saturated heterocycles. The summed E-state index contributed by atoms with van der Waals surface area (Å²) in [5.74, 6) is -1.12. The van der Waals surface area contributed by atoms with Crippen LogP contribution in [0.4, 0.5) is 4.39 Å². The van der Waals surface area contributed by atoms with Gasteiger partial charge in [-0.1, -0.05) is 6.07 Å². The third-order valence-corrected chi connectivity index (χ3v) is 5.17. The molecule has 24 heavy (non-hydrogen) atoms. The Kier molecular flexibility index (Phi) is 4.20. The Labute approximate surface area is 142 Å². The molecule has 0 amide bonds. The van der Waals surface area contributed by atoms with E-state index in [-0.39, 0.29) is 23.3 Å². The largest absolute Gasteiger partial charge is 0.499 e. The average Bonchev–Trinajstić information content (AvgIpc) is 3.22. The maximum absolute atomic E-state index is 14.5. The van der Waals surface area contributed by atoms with Gasteiger partial charge in [0.2, 0.25) is 5.95 Å². The number of carbonyl (C=O) groups is 1. The lowest BCUT2D eigenvalue weighted by Crippen LogP contribution is -2.41. The lowest BCUT2D eigenvalue weighted by atomic mass is 9.80. The first-order valence-corrected chi connectivity index (χ1v) is 8.35. The van der Waals surface area contributed by atoms with E-state index in [1.54, 1.807) is 19.1 Å². The minimum atomic E-state index is -0.781. The van der Waals surface area contributed by atoms with Crippen molar-refractivity contribution >= 4 is 18.6 Å². The lowest BCUT2D eigenvalue weighted by molar-refractivity contribution is -0.144. The Morgan fingerprint density at radius 1 is 1.33 bits per heavy atom. The molecule has 2 heterocycles. The van der Waals surface area contributed by atoms with E-state index in [1.165, 1.54) is 0 Å². The Morgan fingerprint density at radius 3 is 2.50 bits per heavy atom. The maximum Gasteiger partial charge on any atom is 0.499 e. The molecule has 1 saturated carbocycles. The molecule has 0 radical (unpaired) electrons. The molecule has 1 aliphatic heterocycles. The van der Waals surface area contributed by atoms with Crippen LogP contribution in [0.3, 0.4) is 0 Å². The van der Waals surface area contributed by atoms with E-state index >= 15 is 0 Å². The topological polar surface area (TPSA) is 57.7 Å². The quantitative estimate of drug-likeness (QED) is 0.480. The van der Waals surface area contributed by atoms with Crippen molar-refractivity contribution in [3.05, 3.63) is 23.8 Å². The summed E-state index contributed by atoms with van der Waals surface area (Å²) in [5, 5.41) is 0.